The van der Waals surface area contributed by atoms with Gasteiger partial charge in [-0.3, -0.25) is 0 Å². The van der Waals surface area contributed by atoms with E-state index in [0.29, 0.717) is 11.8 Å². The van der Waals surface area contributed by atoms with E-state index in [0.717, 1.165) is 19.0 Å². The Morgan fingerprint density at radius 1 is 1.12 bits per heavy atom. The lowest BCUT2D eigenvalue weighted by Crippen LogP contribution is -2.27. The van der Waals surface area contributed by atoms with Crippen LogP contribution in [-0.4, -0.2) is 13.1 Å². The molecule has 16 heavy (non-hydrogen) atoms. The fraction of sp³-hybridized carbons (Fsp3) is 0.714. The van der Waals surface area contributed by atoms with Crippen molar-refractivity contribution in [2.75, 3.05) is 13.1 Å². The van der Waals surface area contributed by atoms with E-state index in [4.69, 9.17) is 0 Å². The maximum Gasteiger partial charge on any atom is 0.00794 e. The number of hydrogen-bond acceptors (Lipinski definition) is 2. The highest BCUT2D eigenvalue weighted by Gasteiger charge is 2.15. The summed E-state index contributed by atoms with van der Waals surface area (Å²) in [5, 5.41) is 3.55. The second-order valence-corrected chi connectivity index (χ2v) is 6.59. The lowest BCUT2D eigenvalue weighted by atomic mass is 9.94. The molecule has 0 aromatic carbocycles. The molecule has 2 unspecified atom stereocenters. The molecule has 0 radical (unpaired) electrons. The summed E-state index contributed by atoms with van der Waals surface area (Å²) in [5.74, 6) is 2.11. The number of rotatable bonds is 6. The summed E-state index contributed by atoms with van der Waals surface area (Å²) in [6.45, 7) is 13.6. The molecular formula is C14H25NS. The third kappa shape index (κ3) is 4.26. The summed E-state index contributed by atoms with van der Waals surface area (Å²) in [4.78, 5) is 2.94. The van der Waals surface area contributed by atoms with Crippen molar-refractivity contribution in [3.63, 3.8) is 0 Å². The summed E-state index contributed by atoms with van der Waals surface area (Å²) in [6.07, 6.45) is 0. The number of nitrogens with one attached hydrogen (secondary N) is 1. The Morgan fingerprint density at radius 2 is 1.81 bits per heavy atom. The molecule has 1 rings (SSSR count). The molecule has 2 atom stereocenters. The molecule has 1 heterocycles. The second-order valence-electron chi connectivity index (χ2n) is 5.27. The predicted molar refractivity (Wildman–Crippen MR) is 74.3 cm³/mol. The van der Waals surface area contributed by atoms with Gasteiger partial charge in [-0.1, -0.05) is 27.7 Å². The van der Waals surface area contributed by atoms with Crippen LogP contribution in [0.1, 0.15) is 43.4 Å². The smallest absolute Gasteiger partial charge is 0.00794 e. The lowest BCUT2D eigenvalue weighted by molar-refractivity contribution is 0.431. The van der Waals surface area contributed by atoms with Crippen LogP contribution in [0.5, 0.6) is 0 Å². The molecule has 92 valence electrons. The van der Waals surface area contributed by atoms with Crippen molar-refractivity contribution in [2.45, 2.75) is 40.5 Å². The van der Waals surface area contributed by atoms with Crippen LogP contribution >= 0.6 is 11.3 Å². The predicted octanol–water partition coefficient (Wildman–Crippen LogP) is 4.04. The molecule has 0 saturated carbocycles. The number of thiophene rings is 1. The van der Waals surface area contributed by atoms with Crippen LogP contribution < -0.4 is 5.32 Å². The Hall–Kier alpha value is -0.340. The Balaban J connectivity index is 2.38. The highest BCUT2D eigenvalue weighted by molar-refractivity contribution is 7.12. The first-order valence-corrected chi connectivity index (χ1v) is 7.09. The zero-order chi connectivity index (χ0) is 12.1. The van der Waals surface area contributed by atoms with Crippen molar-refractivity contribution in [1.82, 2.24) is 5.32 Å². The van der Waals surface area contributed by atoms with Crippen LogP contribution in [0.4, 0.5) is 0 Å². The van der Waals surface area contributed by atoms with Crippen molar-refractivity contribution in [1.29, 1.82) is 0 Å². The van der Waals surface area contributed by atoms with Gasteiger partial charge in [0.2, 0.25) is 0 Å². The van der Waals surface area contributed by atoms with Gasteiger partial charge in [0, 0.05) is 9.75 Å². The number of aryl methyl sites for hydroxylation is 1. The van der Waals surface area contributed by atoms with Crippen molar-refractivity contribution in [2.24, 2.45) is 11.8 Å². The molecule has 0 aliphatic rings. The molecule has 0 amide bonds. The van der Waals surface area contributed by atoms with Crippen molar-refractivity contribution < 1.29 is 0 Å². The van der Waals surface area contributed by atoms with Crippen molar-refractivity contribution >= 4 is 11.3 Å². The van der Waals surface area contributed by atoms with E-state index in [-0.39, 0.29) is 0 Å². The maximum absolute atomic E-state index is 3.55. The molecule has 0 saturated heterocycles. The minimum absolute atomic E-state index is 0.665. The van der Waals surface area contributed by atoms with Gasteiger partial charge in [0.25, 0.3) is 0 Å². The van der Waals surface area contributed by atoms with E-state index in [2.05, 4.69) is 52.1 Å². The van der Waals surface area contributed by atoms with E-state index >= 15 is 0 Å². The highest BCUT2D eigenvalue weighted by atomic mass is 32.1. The van der Waals surface area contributed by atoms with E-state index in [1.807, 2.05) is 11.3 Å². The monoisotopic (exact) mass is 239 g/mol. The molecule has 0 spiro atoms. The topological polar surface area (TPSA) is 12.0 Å². The molecule has 2 heteroatoms. The van der Waals surface area contributed by atoms with Crippen LogP contribution in [0.2, 0.25) is 0 Å². The van der Waals surface area contributed by atoms with E-state index in [9.17, 15) is 0 Å². The van der Waals surface area contributed by atoms with Crippen LogP contribution in [0, 0.1) is 18.8 Å². The standard InChI is InChI=1S/C14H25NS/c1-10(2)8-15-9-11(3)13(5)14-7-6-12(4)16-14/h6-7,10-11,13,15H,8-9H2,1-5H3. The summed E-state index contributed by atoms with van der Waals surface area (Å²) < 4.78 is 0. The van der Waals surface area contributed by atoms with Gasteiger partial charge in [0.15, 0.2) is 0 Å². The summed E-state index contributed by atoms with van der Waals surface area (Å²) in [5.41, 5.74) is 0. The van der Waals surface area contributed by atoms with Crippen LogP contribution in [0.25, 0.3) is 0 Å². The highest BCUT2D eigenvalue weighted by Crippen LogP contribution is 2.29. The normalized spacial score (nSPS) is 15.4. The first-order chi connectivity index (χ1) is 7.50. The quantitative estimate of drug-likeness (QED) is 0.790. The van der Waals surface area contributed by atoms with Gasteiger partial charge in [0.1, 0.15) is 0 Å². The van der Waals surface area contributed by atoms with Gasteiger partial charge in [-0.05, 0) is 49.9 Å². The fourth-order valence-electron chi connectivity index (χ4n) is 1.76. The lowest BCUT2D eigenvalue weighted by Gasteiger charge is -2.20. The van der Waals surface area contributed by atoms with Crippen LogP contribution in [0.15, 0.2) is 12.1 Å². The Labute approximate surface area is 104 Å². The summed E-state index contributed by atoms with van der Waals surface area (Å²) in [7, 11) is 0. The minimum atomic E-state index is 0.665. The van der Waals surface area contributed by atoms with E-state index < -0.39 is 0 Å². The SMILES string of the molecule is Cc1ccc(C(C)C(C)CNCC(C)C)s1. The average Bonchev–Trinajstić information content (AvgIpc) is 2.63. The molecule has 0 bridgehead atoms. The molecule has 1 nitrogen and oxygen atoms in total. The molecule has 1 N–H and O–H groups in total. The summed E-state index contributed by atoms with van der Waals surface area (Å²) in [6, 6.07) is 4.51. The van der Waals surface area contributed by atoms with Gasteiger partial charge < -0.3 is 5.32 Å². The second kappa shape index (κ2) is 6.41. The third-order valence-electron chi connectivity index (χ3n) is 3.08. The Kier molecular flexibility index (Phi) is 5.50. The first kappa shape index (κ1) is 13.7. The maximum atomic E-state index is 3.55. The van der Waals surface area contributed by atoms with Gasteiger partial charge in [0.05, 0.1) is 0 Å². The largest absolute Gasteiger partial charge is 0.316 e. The fourth-order valence-corrected chi connectivity index (χ4v) is 2.82. The zero-order valence-electron chi connectivity index (χ0n) is 11.2. The van der Waals surface area contributed by atoms with Gasteiger partial charge >= 0.3 is 0 Å². The first-order valence-electron chi connectivity index (χ1n) is 6.27. The third-order valence-corrected chi connectivity index (χ3v) is 4.28. The van der Waals surface area contributed by atoms with Crippen LogP contribution in [0.3, 0.4) is 0 Å². The molecule has 0 aliphatic carbocycles. The number of hydrogen-bond donors (Lipinski definition) is 1. The van der Waals surface area contributed by atoms with Crippen molar-refractivity contribution in [3.05, 3.63) is 21.9 Å². The molecule has 1 aromatic heterocycles. The van der Waals surface area contributed by atoms with Gasteiger partial charge in [-0.2, -0.15) is 0 Å². The Bertz CT molecular complexity index is 303. The minimum Gasteiger partial charge on any atom is -0.316 e. The van der Waals surface area contributed by atoms with E-state index in [1.54, 1.807) is 0 Å². The van der Waals surface area contributed by atoms with Gasteiger partial charge in [-0.25, -0.2) is 0 Å². The summed E-state index contributed by atoms with van der Waals surface area (Å²) >= 11 is 1.94. The van der Waals surface area contributed by atoms with E-state index in [1.165, 1.54) is 9.75 Å². The zero-order valence-corrected chi connectivity index (χ0v) is 12.0. The Morgan fingerprint density at radius 3 is 2.31 bits per heavy atom. The van der Waals surface area contributed by atoms with Crippen LogP contribution in [-0.2, 0) is 0 Å². The van der Waals surface area contributed by atoms with Gasteiger partial charge in [-0.15, -0.1) is 11.3 Å². The van der Waals surface area contributed by atoms with Crippen molar-refractivity contribution in [3.8, 4) is 0 Å². The molecule has 0 aliphatic heterocycles. The average molecular weight is 239 g/mol. The molecular weight excluding hydrogens is 214 g/mol. The molecule has 1 aromatic rings. The molecule has 0 fully saturated rings.